The van der Waals surface area contributed by atoms with Crippen LogP contribution in [0.25, 0.3) is 0 Å². The Hall–Kier alpha value is -1.75. The molecule has 0 saturated carbocycles. The van der Waals surface area contributed by atoms with Crippen molar-refractivity contribution in [3.05, 3.63) is 23.8 Å². The highest BCUT2D eigenvalue weighted by Crippen LogP contribution is 2.28. The van der Waals surface area contributed by atoms with Crippen LogP contribution in [-0.2, 0) is 9.53 Å². The number of nitrogens with two attached hydrogens (primary N) is 1. The van der Waals surface area contributed by atoms with Gasteiger partial charge in [-0.1, -0.05) is 6.07 Å². The van der Waals surface area contributed by atoms with E-state index in [2.05, 4.69) is 4.74 Å². The molecule has 16 heavy (non-hydrogen) atoms. The molecule has 0 saturated heterocycles. The molecule has 1 aromatic rings. The Bertz CT molecular complexity index is 378. The van der Waals surface area contributed by atoms with Crippen LogP contribution in [-0.4, -0.2) is 23.3 Å². The molecule has 0 amide bonds. The van der Waals surface area contributed by atoms with Crippen molar-refractivity contribution in [1.82, 2.24) is 0 Å². The largest absolute Gasteiger partial charge is 0.508 e. The molecular formula is C11H15NO4. The number of carbonyl (C=O) groups excluding carboxylic acids is 1. The number of methoxy groups -OCH3 is 1. The molecular weight excluding hydrogens is 210 g/mol. The van der Waals surface area contributed by atoms with Crippen LogP contribution in [0.1, 0.15) is 24.4 Å². The Morgan fingerprint density at radius 1 is 1.50 bits per heavy atom. The van der Waals surface area contributed by atoms with E-state index in [4.69, 9.17) is 10.8 Å². The molecule has 0 aromatic heterocycles. The van der Waals surface area contributed by atoms with Gasteiger partial charge in [-0.05, 0) is 12.5 Å². The van der Waals surface area contributed by atoms with Gasteiger partial charge in [0.2, 0.25) is 0 Å². The van der Waals surface area contributed by atoms with E-state index in [-0.39, 0.29) is 23.9 Å². The first kappa shape index (κ1) is 12.3. The molecule has 4 N–H and O–H groups in total. The van der Waals surface area contributed by atoms with Crippen molar-refractivity contribution in [1.29, 1.82) is 0 Å². The van der Waals surface area contributed by atoms with Gasteiger partial charge in [-0.3, -0.25) is 4.79 Å². The third-order valence-electron chi connectivity index (χ3n) is 2.30. The fourth-order valence-corrected chi connectivity index (χ4v) is 1.38. The molecule has 0 bridgehead atoms. The highest BCUT2D eigenvalue weighted by Gasteiger charge is 2.13. The van der Waals surface area contributed by atoms with E-state index < -0.39 is 6.04 Å². The van der Waals surface area contributed by atoms with E-state index in [0.29, 0.717) is 12.0 Å². The maximum atomic E-state index is 10.9. The Balaban J connectivity index is 2.65. The maximum absolute atomic E-state index is 10.9. The van der Waals surface area contributed by atoms with Crippen molar-refractivity contribution in [3.63, 3.8) is 0 Å². The van der Waals surface area contributed by atoms with Crippen LogP contribution >= 0.6 is 0 Å². The molecule has 88 valence electrons. The molecule has 5 heteroatoms. The first-order chi connectivity index (χ1) is 7.54. The summed E-state index contributed by atoms with van der Waals surface area (Å²) in [6, 6.07) is 3.73. The molecule has 0 radical (unpaired) electrons. The first-order valence-electron chi connectivity index (χ1n) is 4.89. The van der Waals surface area contributed by atoms with Gasteiger partial charge in [-0.25, -0.2) is 0 Å². The van der Waals surface area contributed by atoms with Gasteiger partial charge in [0.25, 0.3) is 0 Å². The maximum Gasteiger partial charge on any atom is 0.305 e. The van der Waals surface area contributed by atoms with Crippen molar-refractivity contribution in [3.8, 4) is 11.5 Å². The number of esters is 1. The van der Waals surface area contributed by atoms with Crippen LogP contribution in [0.4, 0.5) is 0 Å². The molecule has 0 aliphatic rings. The van der Waals surface area contributed by atoms with Gasteiger partial charge in [0, 0.05) is 24.1 Å². The summed E-state index contributed by atoms with van der Waals surface area (Å²) in [4.78, 5) is 10.9. The third kappa shape index (κ3) is 3.13. The lowest BCUT2D eigenvalue weighted by molar-refractivity contribution is -0.140. The number of ether oxygens (including phenoxy) is 1. The summed E-state index contributed by atoms with van der Waals surface area (Å²) >= 11 is 0. The monoisotopic (exact) mass is 225 g/mol. The fraction of sp³-hybridized carbons (Fsp3) is 0.364. The molecule has 0 aliphatic heterocycles. The van der Waals surface area contributed by atoms with Crippen molar-refractivity contribution in [2.24, 2.45) is 5.73 Å². The smallest absolute Gasteiger partial charge is 0.305 e. The number of aromatic hydroxyl groups is 2. The van der Waals surface area contributed by atoms with Gasteiger partial charge in [-0.2, -0.15) is 0 Å². The minimum atomic E-state index is -0.459. The SMILES string of the molecule is COC(=O)CCC(N)c1ccc(O)cc1O. The predicted octanol–water partition coefficient (Wildman–Crippen LogP) is 1.05. The lowest BCUT2D eigenvalue weighted by Crippen LogP contribution is -2.13. The first-order valence-corrected chi connectivity index (χ1v) is 4.89. The molecule has 0 heterocycles. The molecule has 0 spiro atoms. The number of phenols is 2. The zero-order valence-electron chi connectivity index (χ0n) is 9.01. The number of benzene rings is 1. The van der Waals surface area contributed by atoms with E-state index in [1.54, 1.807) is 0 Å². The number of hydrogen-bond acceptors (Lipinski definition) is 5. The zero-order chi connectivity index (χ0) is 12.1. The van der Waals surface area contributed by atoms with E-state index in [9.17, 15) is 9.90 Å². The van der Waals surface area contributed by atoms with Gasteiger partial charge < -0.3 is 20.7 Å². The molecule has 0 fully saturated rings. The zero-order valence-corrected chi connectivity index (χ0v) is 9.01. The van der Waals surface area contributed by atoms with Gasteiger partial charge in [0.1, 0.15) is 11.5 Å². The van der Waals surface area contributed by atoms with Gasteiger partial charge in [0.15, 0.2) is 0 Å². The summed E-state index contributed by atoms with van der Waals surface area (Å²) in [5.74, 6) is -0.437. The van der Waals surface area contributed by atoms with Crippen molar-refractivity contribution in [2.45, 2.75) is 18.9 Å². The Kier molecular flexibility index (Phi) is 4.13. The lowest BCUT2D eigenvalue weighted by atomic mass is 10.0. The third-order valence-corrected chi connectivity index (χ3v) is 2.30. The molecule has 5 nitrogen and oxygen atoms in total. The average molecular weight is 225 g/mol. The highest BCUT2D eigenvalue weighted by molar-refractivity contribution is 5.69. The van der Waals surface area contributed by atoms with Crippen molar-refractivity contribution in [2.75, 3.05) is 7.11 Å². The van der Waals surface area contributed by atoms with Crippen LogP contribution in [0.5, 0.6) is 11.5 Å². The number of rotatable bonds is 4. The topological polar surface area (TPSA) is 92.8 Å². The summed E-state index contributed by atoms with van der Waals surface area (Å²) < 4.78 is 4.49. The molecule has 1 rings (SSSR count). The summed E-state index contributed by atoms with van der Waals surface area (Å²) in [5, 5.41) is 18.6. The molecule has 1 atom stereocenters. The summed E-state index contributed by atoms with van der Waals surface area (Å²) in [6.07, 6.45) is 0.572. The van der Waals surface area contributed by atoms with Crippen molar-refractivity contribution < 1.29 is 19.7 Å². The number of phenolic OH excluding ortho intramolecular Hbond substituents is 2. The van der Waals surface area contributed by atoms with E-state index in [1.165, 1.54) is 25.3 Å². The Morgan fingerprint density at radius 2 is 2.19 bits per heavy atom. The minimum absolute atomic E-state index is 0.0265. The van der Waals surface area contributed by atoms with Crippen LogP contribution in [0.15, 0.2) is 18.2 Å². The lowest BCUT2D eigenvalue weighted by Gasteiger charge is -2.12. The second-order valence-electron chi connectivity index (χ2n) is 3.46. The summed E-state index contributed by atoms with van der Waals surface area (Å²) in [7, 11) is 1.31. The van der Waals surface area contributed by atoms with E-state index >= 15 is 0 Å². The van der Waals surface area contributed by atoms with Crippen LogP contribution < -0.4 is 5.73 Å². The second kappa shape index (κ2) is 5.37. The Morgan fingerprint density at radius 3 is 2.75 bits per heavy atom. The van der Waals surface area contributed by atoms with Crippen molar-refractivity contribution >= 4 is 5.97 Å². The second-order valence-corrected chi connectivity index (χ2v) is 3.46. The van der Waals surface area contributed by atoms with Gasteiger partial charge >= 0.3 is 5.97 Å². The van der Waals surface area contributed by atoms with Gasteiger partial charge in [0.05, 0.1) is 7.11 Å². The predicted molar refractivity (Wildman–Crippen MR) is 58.0 cm³/mol. The average Bonchev–Trinajstić information content (AvgIpc) is 2.25. The van der Waals surface area contributed by atoms with Gasteiger partial charge in [-0.15, -0.1) is 0 Å². The summed E-state index contributed by atoms with van der Waals surface area (Å²) in [6.45, 7) is 0. The standard InChI is InChI=1S/C11H15NO4/c1-16-11(15)5-4-9(12)8-3-2-7(13)6-10(8)14/h2-3,6,9,13-14H,4-5,12H2,1H3. The van der Waals surface area contributed by atoms with E-state index in [1.807, 2.05) is 0 Å². The Labute approximate surface area is 93.5 Å². The number of carbonyl (C=O) groups is 1. The fourth-order valence-electron chi connectivity index (χ4n) is 1.38. The normalized spacial score (nSPS) is 12.1. The molecule has 1 aromatic carbocycles. The highest BCUT2D eigenvalue weighted by atomic mass is 16.5. The quantitative estimate of drug-likeness (QED) is 0.666. The molecule has 1 unspecified atom stereocenters. The molecule has 0 aliphatic carbocycles. The van der Waals surface area contributed by atoms with E-state index in [0.717, 1.165) is 0 Å². The summed E-state index contributed by atoms with van der Waals surface area (Å²) in [5.41, 5.74) is 6.30. The minimum Gasteiger partial charge on any atom is -0.508 e. The van der Waals surface area contributed by atoms with Crippen LogP contribution in [0, 0.1) is 0 Å². The number of hydrogen-bond donors (Lipinski definition) is 3. The van der Waals surface area contributed by atoms with Crippen LogP contribution in [0.2, 0.25) is 0 Å². The van der Waals surface area contributed by atoms with Crippen LogP contribution in [0.3, 0.4) is 0 Å².